The van der Waals surface area contributed by atoms with Gasteiger partial charge >= 0.3 is 0 Å². The summed E-state index contributed by atoms with van der Waals surface area (Å²) in [5, 5.41) is 8.78. The number of hydrogen-bond donors (Lipinski definition) is 2. The molecule has 33 heavy (non-hydrogen) atoms. The number of nitrogens with one attached hydrogen (secondary N) is 2. The van der Waals surface area contributed by atoms with E-state index < -0.39 is 0 Å². The quantitative estimate of drug-likeness (QED) is 0.352. The first-order chi connectivity index (χ1) is 16.1. The van der Waals surface area contributed by atoms with Gasteiger partial charge in [-0.1, -0.05) is 66.2 Å². The monoisotopic (exact) mass is 454 g/mol. The summed E-state index contributed by atoms with van der Waals surface area (Å²) in [6.45, 7) is 3.60. The van der Waals surface area contributed by atoms with Gasteiger partial charge in [-0.05, 0) is 47.9 Å². The van der Waals surface area contributed by atoms with Crippen LogP contribution in [0.2, 0.25) is 5.02 Å². The van der Waals surface area contributed by atoms with Gasteiger partial charge in [-0.15, -0.1) is 0 Å². The molecule has 0 aromatic heterocycles. The van der Waals surface area contributed by atoms with E-state index in [1.54, 1.807) is 30.5 Å². The van der Waals surface area contributed by atoms with Crippen molar-refractivity contribution in [2.75, 3.05) is 0 Å². The smallest absolute Gasteiger partial charge is 0.282 e. The minimum atomic E-state index is -0.161. The number of halogens is 1. The van der Waals surface area contributed by atoms with E-state index in [4.69, 9.17) is 11.6 Å². The average molecular weight is 455 g/mol. The molecule has 0 fully saturated rings. The van der Waals surface area contributed by atoms with E-state index in [1.165, 1.54) is 15.8 Å². The zero-order valence-corrected chi connectivity index (χ0v) is 18.9. The highest BCUT2D eigenvalue weighted by Crippen LogP contribution is 2.33. The van der Waals surface area contributed by atoms with Crippen LogP contribution in [0.3, 0.4) is 0 Å². The van der Waals surface area contributed by atoms with E-state index in [2.05, 4.69) is 51.8 Å². The topological polar surface area (TPSA) is 62.7 Å². The van der Waals surface area contributed by atoms with Crippen molar-refractivity contribution in [2.24, 2.45) is 0 Å². The summed E-state index contributed by atoms with van der Waals surface area (Å²) < 4.78 is 1.43. The molecule has 0 aliphatic carbocycles. The zero-order chi connectivity index (χ0) is 22.8. The predicted octanol–water partition coefficient (Wildman–Crippen LogP) is 5.58. The lowest BCUT2D eigenvalue weighted by Crippen LogP contribution is -2.14. The maximum atomic E-state index is 13.0. The summed E-state index contributed by atoms with van der Waals surface area (Å²) in [7, 11) is 0. The molecule has 164 valence electrons. The first-order valence-corrected chi connectivity index (χ1v) is 11.2. The Hall–Kier alpha value is -3.67. The van der Waals surface area contributed by atoms with Crippen LogP contribution in [0.5, 0.6) is 0 Å². The summed E-state index contributed by atoms with van der Waals surface area (Å²) in [5.74, 6) is 0. The van der Waals surface area contributed by atoms with E-state index in [9.17, 15) is 4.79 Å². The number of H-pyrrole nitrogens is 1. The number of rotatable bonds is 6. The molecule has 0 atom stereocenters. The van der Waals surface area contributed by atoms with Crippen molar-refractivity contribution in [2.45, 2.75) is 20.0 Å². The van der Waals surface area contributed by atoms with Crippen molar-refractivity contribution in [3.63, 3.8) is 0 Å². The Balaban J connectivity index is 1.43. The van der Waals surface area contributed by atoms with Crippen LogP contribution in [0.25, 0.3) is 28.1 Å². The number of benzene rings is 3. The summed E-state index contributed by atoms with van der Waals surface area (Å²) in [6.07, 6.45) is 1.73. The van der Waals surface area contributed by atoms with Crippen LogP contribution in [0.15, 0.2) is 89.9 Å². The molecule has 0 unspecified atom stereocenters. The molecule has 3 aromatic carbocycles. The van der Waals surface area contributed by atoms with Gasteiger partial charge in [0.2, 0.25) is 0 Å². The third-order valence-electron chi connectivity index (χ3n) is 5.74. The molecule has 0 saturated carbocycles. The van der Waals surface area contributed by atoms with Crippen LogP contribution >= 0.6 is 11.6 Å². The average Bonchev–Trinajstić information content (AvgIpc) is 3.17. The number of hydrogen-bond acceptors (Lipinski definition) is 3. The Bertz CT molecular complexity index is 1400. The number of nitrogens with zero attached hydrogens (tertiary/aromatic N) is 2. The van der Waals surface area contributed by atoms with Gasteiger partial charge in [0.05, 0.1) is 11.3 Å². The van der Waals surface area contributed by atoms with Gasteiger partial charge in [0.1, 0.15) is 5.69 Å². The fourth-order valence-electron chi connectivity index (χ4n) is 4.01. The molecular formula is C27H23ClN4O. The van der Waals surface area contributed by atoms with E-state index in [-0.39, 0.29) is 5.56 Å². The second-order valence-electron chi connectivity index (χ2n) is 8.03. The Morgan fingerprint density at radius 2 is 1.58 bits per heavy atom. The molecule has 5 nitrogen and oxygen atoms in total. The lowest BCUT2D eigenvalue weighted by Gasteiger charge is -2.11. The number of aromatic nitrogens is 3. The summed E-state index contributed by atoms with van der Waals surface area (Å²) in [5.41, 5.74) is 7.12. The summed E-state index contributed by atoms with van der Waals surface area (Å²) in [6, 6.07) is 25.8. The molecule has 0 spiro atoms. The highest BCUT2D eigenvalue weighted by atomic mass is 35.5. The fourth-order valence-corrected chi connectivity index (χ4v) is 4.13. The minimum absolute atomic E-state index is 0.161. The van der Waals surface area contributed by atoms with E-state index in [0.29, 0.717) is 22.0 Å². The first kappa shape index (κ1) is 21.2. The van der Waals surface area contributed by atoms with Crippen LogP contribution in [-0.4, -0.2) is 14.8 Å². The van der Waals surface area contributed by atoms with Gasteiger partial charge in [-0.25, -0.2) is 0 Å². The van der Waals surface area contributed by atoms with Crippen LogP contribution in [0, 0.1) is 6.92 Å². The molecule has 5 rings (SSSR count). The van der Waals surface area contributed by atoms with Gasteiger partial charge in [-0.3, -0.25) is 4.79 Å². The van der Waals surface area contributed by atoms with Crippen molar-refractivity contribution in [1.82, 2.24) is 20.1 Å². The molecule has 2 N–H and O–H groups in total. The van der Waals surface area contributed by atoms with Crippen molar-refractivity contribution >= 4 is 11.6 Å². The van der Waals surface area contributed by atoms with Gasteiger partial charge < -0.3 is 10.3 Å². The molecule has 2 aliphatic rings. The first-order valence-electron chi connectivity index (χ1n) is 10.8. The molecular weight excluding hydrogens is 432 g/mol. The molecule has 0 bridgehead atoms. The Kier molecular flexibility index (Phi) is 5.82. The third kappa shape index (κ3) is 4.33. The van der Waals surface area contributed by atoms with Gasteiger partial charge in [0.25, 0.3) is 5.56 Å². The van der Waals surface area contributed by atoms with E-state index in [1.807, 2.05) is 25.1 Å². The minimum Gasteiger partial charge on any atom is -0.364 e. The number of pyridine rings is 1. The molecule has 0 amide bonds. The third-order valence-corrected chi connectivity index (χ3v) is 5.99. The van der Waals surface area contributed by atoms with Crippen LogP contribution < -0.4 is 10.9 Å². The number of fused-ring (bicyclic) bond motifs is 1. The van der Waals surface area contributed by atoms with Crippen LogP contribution in [-0.2, 0) is 13.1 Å². The van der Waals surface area contributed by atoms with E-state index >= 15 is 0 Å². The lowest BCUT2D eigenvalue weighted by atomic mass is 9.98. The molecule has 3 aromatic rings. The second kappa shape index (κ2) is 9.06. The molecule has 2 heterocycles. The standard InChI is InChI=1S/C27H23ClN4O/c1-18-25(21-9-7-20(8-10-21)16-29-15-19-5-3-2-4-6-19)26-24(17-30-18)27(33)32(31-26)23-13-11-22(28)12-14-23/h2-14,17,29-30H,15-16H2,1H3. The van der Waals surface area contributed by atoms with Crippen molar-refractivity contribution < 1.29 is 0 Å². The largest absolute Gasteiger partial charge is 0.364 e. The number of aryl methyl sites for hydroxylation is 1. The summed E-state index contributed by atoms with van der Waals surface area (Å²) in [4.78, 5) is 16.3. The normalized spacial score (nSPS) is 11.2. The molecule has 2 aliphatic heterocycles. The summed E-state index contributed by atoms with van der Waals surface area (Å²) >= 11 is 6.00. The van der Waals surface area contributed by atoms with Crippen LogP contribution in [0.1, 0.15) is 16.8 Å². The fraction of sp³-hybridized carbons (Fsp3) is 0.111. The highest BCUT2D eigenvalue weighted by molar-refractivity contribution is 6.30. The molecule has 0 saturated heterocycles. The van der Waals surface area contributed by atoms with Crippen LogP contribution in [0.4, 0.5) is 0 Å². The van der Waals surface area contributed by atoms with Crippen molar-refractivity contribution in [3.05, 3.63) is 117 Å². The van der Waals surface area contributed by atoms with Gasteiger partial charge in [-0.2, -0.15) is 9.78 Å². The maximum absolute atomic E-state index is 13.0. The molecule has 6 heteroatoms. The highest BCUT2D eigenvalue weighted by Gasteiger charge is 2.22. The predicted molar refractivity (Wildman–Crippen MR) is 133 cm³/mol. The number of aromatic amines is 1. The Morgan fingerprint density at radius 1 is 0.909 bits per heavy atom. The second-order valence-corrected chi connectivity index (χ2v) is 8.47. The van der Waals surface area contributed by atoms with Gasteiger partial charge in [0.15, 0.2) is 0 Å². The van der Waals surface area contributed by atoms with Crippen molar-refractivity contribution in [1.29, 1.82) is 0 Å². The lowest BCUT2D eigenvalue weighted by molar-refractivity contribution is 0.693. The van der Waals surface area contributed by atoms with Crippen molar-refractivity contribution in [3.8, 4) is 28.1 Å². The molecule has 0 radical (unpaired) electrons. The zero-order valence-electron chi connectivity index (χ0n) is 18.2. The van der Waals surface area contributed by atoms with E-state index in [0.717, 1.165) is 29.9 Å². The maximum Gasteiger partial charge on any atom is 0.282 e. The Morgan fingerprint density at radius 3 is 2.27 bits per heavy atom. The van der Waals surface area contributed by atoms with Gasteiger partial charge in [0, 0.05) is 35.6 Å². The SMILES string of the molecule is Cc1[nH]cc2c(=O)n(-c3ccc(Cl)cc3)nc-2c1-c1ccc(CNCc2ccccc2)cc1. The Labute approximate surface area is 197 Å².